The zero-order valence-corrected chi connectivity index (χ0v) is 10.6. The van der Waals surface area contributed by atoms with Gasteiger partial charge in [-0.2, -0.15) is 0 Å². The van der Waals surface area contributed by atoms with Gasteiger partial charge in [0.1, 0.15) is 0 Å². The first-order valence-electron chi connectivity index (χ1n) is 3.49. The van der Waals surface area contributed by atoms with E-state index < -0.39 is 23.9 Å². The van der Waals surface area contributed by atoms with Crippen molar-refractivity contribution in [1.29, 1.82) is 0 Å². The molecule has 0 atom stereocenters. The summed E-state index contributed by atoms with van der Waals surface area (Å²) in [5.74, 6) is -5.14. The van der Waals surface area contributed by atoms with E-state index in [1.54, 1.807) is 0 Å². The number of esters is 2. The molecule has 7 nitrogen and oxygen atoms in total. The zero-order valence-electron chi connectivity index (χ0n) is 8.06. The Hall–Kier alpha value is -1.67. The van der Waals surface area contributed by atoms with Crippen molar-refractivity contribution in [2.45, 2.75) is 0 Å². The van der Waals surface area contributed by atoms with Crippen LogP contribution in [0.15, 0.2) is 24.3 Å². The van der Waals surface area contributed by atoms with Crippen LogP contribution in [0.5, 0.6) is 0 Å². The van der Waals surface area contributed by atoms with Crippen molar-refractivity contribution in [2.24, 2.45) is 0 Å². The molecule has 0 aliphatic rings. The van der Waals surface area contributed by atoms with Crippen LogP contribution >= 0.6 is 29.4 Å². The largest absolute Gasteiger partial charge is 0.478 e. The molecular formula is C8H8BrClO7. The van der Waals surface area contributed by atoms with Crippen LogP contribution in [0.4, 0.5) is 0 Å². The molecule has 0 unspecified atom stereocenters. The average molecular weight is 332 g/mol. The molecule has 0 aromatic carbocycles. The molecule has 0 fully saturated rings. The highest BCUT2D eigenvalue weighted by Gasteiger charge is 2.04. The molecule has 0 amide bonds. The van der Waals surface area contributed by atoms with Crippen LogP contribution < -0.4 is 0 Å². The fourth-order valence-electron chi connectivity index (χ4n) is 0.446. The highest BCUT2D eigenvalue weighted by Crippen LogP contribution is 1.86. The number of rotatable bonds is 4. The van der Waals surface area contributed by atoms with Gasteiger partial charge >= 0.3 is 23.9 Å². The van der Waals surface area contributed by atoms with Crippen molar-refractivity contribution in [1.82, 2.24) is 0 Å². The lowest BCUT2D eigenvalue weighted by Crippen LogP contribution is -2.08. The van der Waals surface area contributed by atoms with Crippen LogP contribution in [0, 0.1) is 0 Å². The van der Waals surface area contributed by atoms with Gasteiger partial charge in [0.25, 0.3) is 0 Å². The Morgan fingerprint density at radius 3 is 1.29 bits per heavy atom. The van der Waals surface area contributed by atoms with E-state index in [9.17, 15) is 19.2 Å². The van der Waals surface area contributed by atoms with Crippen molar-refractivity contribution in [3.05, 3.63) is 24.3 Å². The first-order valence-corrected chi connectivity index (χ1v) is 3.49. The Morgan fingerprint density at radius 2 is 1.06 bits per heavy atom. The Balaban J connectivity index is -0.000000980. The number of hydrogen-bond donors (Lipinski definition) is 2. The molecule has 0 aromatic heterocycles. The molecule has 0 saturated heterocycles. The Kier molecular flexibility index (Phi) is 13.2. The molecule has 17 heavy (non-hydrogen) atoms. The lowest BCUT2D eigenvalue weighted by atomic mass is 10.5. The smallest absolute Gasteiger partial charge is 0.338 e. The molecule has 0 rings (SSSR count). The van der Waals surface area contributed by atoms with Crippen LogP contribution in [-0.2, 0) is 23.9 Å². The van der Waals surface area contributed by atoms with Crippen molar-refractivity contribution in [3.8, 4) is 0 Å². The zero-order chi connectivity index (χ0) is 11.8. The van der Waals surface area contributed by atoms with Crippen LogP contribution in [0.2, 0.25) is 0 Å². The number of carbonyl (C=O) groups excluding carboxylic acids is 2. The van der Waals surface area contributed by atoms with Crippen LogP contribution in [-0.4, -0.2) is 34.1 Å². The minimum Gasteiger partial charge on any atom is -0.478 e. The second-order valence-corrected chi connectivity index (χ2v) is 2.08. The van der Waals surface area contributed by atoms with Gasteiger partial charge in [0, 0.05) is 24.3 Å². The summed E-state index contributed by atoms with van der Waals surface area (Å²) in [6, 6.07) is 0. The highest BCUT2D eigenvalue weighted by atomic mass is 79.9. The summed E-state index contributed by atoms with van der Waals surface area (Å²) in [6.07, 6.45) is 2.01. The van der Waals surface area contributed by atoms with Gasteiger partial charge in [0.05, 0.1) is 0 Å². The van der Waals surface area contributed by atoms with Crippen LogP contribution in [0.3, 0.4) is 0 Å². The number of halogens is 2. The third-order valence-electron chi connectivity index (χ3n) is 0.925. The summed E-state index contributed by atoms with van der Waals surface area (Å²) in [7, 11) is 0. The Labute approximate surface area is 112 Å². The molecule has 0 radical (unpaired) electrons. The maximum Gasteiger partial charge on any atom is 0.338 e. The van der Waals surface area contributed by atoms with Gasteiger partial charge < -0.3 is 14.9 Å². The van der Waals surface area contributed by atoms with Gasteiger partial charge in [0.15, 0.2) is 0 Å². The van der Waals surface area contributed by atoms with E-state index in [4.69, 9.17) is 10.2 Å². The number of ether oxygens (including phenoxy) is 1. The molecule has 0 bridgehead atoms. The molecule has 0 aliphatic heterocycles. The van der Waals surface area contributed by atoms with Gasteiger partial charge in [-0.15, -0.1) is 29.4 Å². The van der Waals surface area contributed by atoms with Gasteiger partial charge in [-0.05, 0) is 0 Å². The first-order chi connectivity index (χ1) is 6.91. The standard InChI is InChI=1S/C8H6O7.BrH.ClH/c9-5(10)1-3-7(13)15-8(14)4-2-6(11)12;;/h1-4H,(H,9,10)(H,11,12);2*1H/b3-1-,4-2+;;. The predicted octanol–water partition coefficient (Wildman–Crippen LogP) is 0.337. The van der Waals surface area contributed by atoms with Crippen molar-refractivity contribution >= 4 is 53.3 Å². The van der Waals surface area contributed by atoms with Crippen molar-refractivity contribution in [2.75, 3.05) is 0 Å². The first kappa shape index (κ1) is 20.7. The van der Waals surface area contributed by atoms with E-state index in [2.05, 4.69) is 4.74 Å². The SMILES string of the molecule is Br.Cl.O=C(O)/C=C\C(=O)OC(=O)/C=C/C(=O)O. The summed E-state index contributed by atoms with van der Waals surface area (Å²) in [5.41, 5.74) is 0. The van der Waals surface area contributed by atoms with E-state index in [1.807, 2.05) is 0 Å². The summed E-state index contributed by atoms with van der Waals surface area (Å²) in [4.78, 5) is 41.1. The Morgan fingerprint density at radius 1 is 0.765 bits per heavy atom. The number of carboxylic acid groups (broad SMARTS) is 2. The van der Waals surface area contributed by atoms with E-state index in [0.717, 1.165) is 0 Å². The normalized spacial score (nSPS) is 9.18. The molecule has 0 heterocycles. The number of carbonyl (C=O) groups is 4. The number of hydrogen-bond acceptors (Lipinski definition) is 5. The second-order valence-electron chi connectivity index (χ2n) is 2.08. The average Bonchev–Trinajstić information content (AvgIpc) is 2.11. The third kappa shape index (κ3) is 14.3. The third-order valence-corrected chi connectivity index (χ3v) is 0.925. The maximum atomic E-state index is 10.6. The van der Waals surface area contributed by atoms with Gasteiger partial charge in [-0.1, -0.05) is 0 Å². The van der Waals surface area contributed by atoms with E-state index >= 15 is 0 Å². The molecule has 0 saturated carbocycles. The maximum absolute atomic E-state index is 10.6. The predicted molar refractivity (Wildman–Crippen MR) is 62.2 cm³/mol. The summed E-state index contributed by atoms with van der Waals surface area (Å²) in [5, 5.41) is 16.2. The number of carboxylic acids is 2. The van der Waals surface area contributed by atoms with Gasteiger partial charge in [-0.3, -0.25) is 0 Å². The van der Waals surface area contributed by atoms with Gasteiger partial charge in [-0.25, -0.2) is 19.2 Å². The fraction of sp³-hybridized carbons (Fsp3) is 0. The summed E-state index contributed by atoms with van der Waals surface area (Å²) >= 11 is 0. The second kappa shape index (κ2) is 10.8. The summed E-state index contributed by atoms with van der Waals surface area (Å²) in [6.45, 7) is 0. The highest BCUT2D eigenvalue weighted by molar-refractivity contribution is 8.93. The molecule has 96 valence electrons. The molecule has 0 spiro atoms. The van der Waals surface area contributed by atoms with E-state index in [0.29, 0.717) is 24.3 Å². The lowest BCUT2D eigenvalue weighted by Gasteiger charge is -1.92. The molecule has 0 aliphatic carbocycles. The van der Waals surface area contributed by atoms with Crippen LogP contribution in [0.1, 0.15) is 0 Å². The van der Waals surface area contributed by atoms with Crippen molar-refractivity contribution < 1.29 is 34.1 Å². The number of aliphatic carboxylic acids is 2. The topological polar surface area (TPSA) is 118 Å². The fourth-order valence-corrected chi connectivity index (χ4v) is 0.446. The minimum absolute atomic E-state index is 0. The van der Waals surface area contributed by atoms with Crippen LogP contribution in [0.25, 0.3) is 0 Å². The molecule has 0 aromatic rings. The minimum atomic E-state index is -1.37. The van der Waals surface area contributed by atoms with Crippen molar-refractivity contribution in [3.63, 3.8) is 0 Å². The molecule has 9 heteroatoms. The quantitative estimate of drug-likeness (QED) is 0.433. The molecule has 2 N–H and O–H groups in total. The summed E-state index contributed by atoms with van der Waals surface area (Å²) < 4.78 is 3.97. The monoisotopic (exact) mass is 330 g/mol. The van der Waals surface area contributed by atoms with E-state index in [1.165, 1.54) is 0 Å². The van der Waals surface area contributed by atoms with Gasteiger partial charge in [0.2, 0.25) is 0 Å². The molecular weight excluding hydrogens is 323 g/mol. The Bertz CT molecular complexity index is 327. The lowest BCUT2D eigenvalue weighted by molar-refractivity contribution is -0.153. The van der Waals surface area contributed by atoms with E-state index in [-0.39, 0.29) is 29.4 Å².